The van der Waals surface area contributed by atoms with Gasteiger partial charge in [-0.05, 0) is 18.6 Å². The Hall–Kier alpha value is -0.360. The van der Waals surface area contributed by atoms with E-state index in [0.29, 0.717) is 11.7 Å². The first-order chi connectivity index (χ1) is 6.45. The Morgan fingerprint density at radius 2 is 1.86 bits per heavy atom. The molecule has 84 valence electrons. The van der Waals surface area contributed by atoms with E-state index in [0.717, 1.165) is 19.4 Å². The summed E-state index contributed by atoms with van der Waals surface area (Å²) in [6.07, 6.45) is 3.38. The summed E-state index contributed by atoms with van der Waals surface area (Å²) < 4.78 is 21.5. The van der Waals surface area contributed by atoms with Crippen molar-refractivity contribution in [1.82, 2.24) is 10.6 Å². The van der Waals surface area contributed by atoms with Crippen LogP contribution in [0.2, 0.25) is 0 Å². The van der Waals surface area contributed by atoms with Crippen LogP contribution in [-0.4, -0.2) is 38.6 Å². The van der Waals surface area contributed by atoms with Gasteiger partial charge in [-0.3, -0.25) is 0 Å². The highest BCUT2D eigenvalue weighted by molar-refractivity contribution is 7.90. The summed E-state index contributed by atoms with van der Waals surface area (Å²) in [6.45, 7) is 3.31. The topological polar surface area (TPSA) is 58.2 Å². The molecule has 0 aliphatic rings. The fraction of sp³-hybridized carbons (Fsp3) is 0.875. The van der Waals surface area contributed by atoms with Gasteiger partial charge >= 0.3 is 0 Å². The molecule has 0 aliphatic carbocycles. The quantitative estimate of drug-likeness (QED) is 0.515. The van der Waals surface area contributed by atoms with Gasteiger partial charge in [-0.15, -0.1) is 0 Å². The third-order valence-electron chi connectivity index (χ3n) is 1.57. The second kappa shape index (κ2) is 7.00. The lowest BCUT2D eigenvalue weighted by Crippen LogP contribution is -2.38. The number of unbranched alkanes of at least 4 members (excludes halogenated alkanes) is 1. The predicted octanol–water partition coefficient (Wildman–Crippen LogP) is 0.295. The lowest BCUT2D eigenvalue weighted by molar-refractivity contribution is 0.600. The summed E-state index contributed by atoms with van der Waals surface area (Å²) >= 11 is 4.94. The Bertz CT molecular complexity index is 263. The third-order valence-corrected chi connectivity index (χ3v) is 2.81. The highest BCUT2D eigenvalue weighted by atomic mass is 32.2. The maximum absolute atomic E-state index is 10.8. The molecule has 0 amide bonds. The molecule has 6 heteroatoms. The van der Waals surface area contributed by atoms with Crippen LogP contribution in [0.4, 0.5) is 0 Å². The van der Waals surface area contributed by atoms with E-state index >= 15 is 0 Å². The van der Waals surface area contributed by atoms with Crippen molar-refractivity contribution in [2.75, 3.05) is 25.1 Å². The van der Waals surface area contributed by atoms with Crippen molar-refractivity contribution in [3.8, 4) is 0 Å². The summed E-state index contributed by atoms with van der Waals surface area (Å²) in [7, 11) is -2.89. The van der Waals surface area contributed by atoms with Gasteiger partial charge in [-0.1, -0.05) is 13.3 Å². The molecule has 14 heavy (non-hydrogen) atoms. The maximum Gasteiger partial charge on any atom is 0.166 e. The molecule has 0 bridgehead atoms. The SMILES string of the molecule is CCCCNC(=S)NCCS(C)(=O)=O. The molecule has 0 aromatic rings. The number of sulfone groups is 1. The predicted molar refractivity (Wildman–Crippen MR) is 63.2 cm³/mol. The monoisotopic (exact) mass is 238 g/mol. The molecule has 0 saturated heterocycles. The van der Waals surface area contributed by atoms with Crippen molar-refractivity contribution < 1.29 is 8.42 Å². The summed E-state index contributed by atoms with van der Waals surface area (Å²) in [6, 6.07) is 0. The molecule has 0 aromatic carbocycles. The zero-order chi connectivity index (χ0) is 11.0. The molecule has 0 atom stereocenters. The van der Waals surface area contributed by atoms with Gasteiger partial charge in [-0.25, -0.2) is 8.42 Å². The van der Waals surface area contributed by atoms with Gasteiger partial charge < -0.3 is 10.6 Å². The molecule has 0 aromatic heterocycles. The molecular formula is C8H18N2O2S2. The molecule has 2 N–H and O–H groups in total. The van der Waals surface area contributed by atoms with Gasteiger partial charge in [-0.2, -0.15) is 0 Å². The van der Waals surface area contributed by atoms with E-state index in [1.165, 1.54) is 6.26 Å². The van der Waals surface area contributed by atoms with E-state index < -0.39 is 9.84 Å². The minimum atomic E-state index is -2.89. The number of hydrogen-bond acceptors (Lipinski definition) is 3. The van der Waals surface area contributed by atoms with Crippen molar-refractivity contribution in [1.29, 1.82) is 0 Å². The second-order valence-corrected chi connectivity index (χ2v) is 5.83. The van der Waals surface area contributed by atoms with E-state index in [2.05, 4.69) is 17.6 Å². The molecule has 0 rings (SSSR count). The number of hydrogen-bond donors (Lipinski definition) is 2. The first kappa shape index (κ1) is 13.6. The Balaban J connectivity index is 3.45. The van der Waals surface area contributed by atoms with Crippen molar-refractivity contribution in [3.05, 3.63) is 0 Å². The standard InChI is InChI=1S/C8H18N2O2S2/c1-3-4-5-9-8(13)10-6-7-14(2,11)12/h3-7H2,1-2H3,(H2,9,10,13). The van der Waals surface area contributed by atoms with Gasteiger partial charge in [0.05, 0.1) is 5.75 Å². The van der Waals surface area contributed by atoms with Crippen molar-refractivity contribution >= 4 is 27.2 Å². The third kappa shape index (κ3) is 9.73. The molecule has 0 aliphatic heterocycles. The Kier molecular flexibility index (Phi) is 6.82. The van der Waals surface area contributed by atoms with Crippen molar-refractivity contribution in [2.45, 2.75) is 19.8 Å². The lowest BCUT2D eigenvalue weighted by atomic mass is 10.3. The van der Waals surface area contributed by atoms with E-state index in [-0.39, 0.29) is 5.75 Å². The highest BCUT2D eigenvalue weighted by Crippen LogP contribution is 1.83. The van der Waals surface area contributed by atoms with E-state index in [1.54, 1.807) is 0 Å². The number of nitrogens with one attached hydrogen (secondary N) is 2. The van der Waals surface area contributed by atoms with Gasteiger partial charge in [0, 0.05) is 19.3 Å². The van der Waals surface area contributed by atoms with Crippen LogP contribution in [0.1, 0.15) is 19.8 Å². The van der Waals surface area contributed by atoms with E-state index in [9.17, 15) is 8.42 Å². The van der Waals surface area contributed by atoms with Crippen LogP contribution in [0, 0.1) is 0 Å². The molecular weight excluding hydrogens is 220 g/mol. The van der Waals surface area contributed by atoms with Crippen LogP contribution < -0.4 is 10.6 Å². The largest absolute Gasteiger partial charge is 0.363 e. The molecule has 0 radical (unpaired) electrons. The normalized spacial score (nSPS) is 11.0. The van der Waals surface area contributed by atoms with Crippen LogP contribution in [-0.2, 0) is 9.84 Å². The number of thiocarbonyl (C=S) groups is 1. The zero-order valence-electron chi connectivity index (χ0n) is 8.67. The van der Waals surface area contributed by atoms with Crippen LogP contribution >= 0.6 is 12.2 Å². The van der Waals surface area contributed by atoms with Crippen LogP contribution in [0.3, 0.4) is 0 Å². The van der Waals surface area contributed by atoms with Gasteiger partial charge in [0.1, 0.15) is 9.84 Å². The average molecular weight is 238 g/mol. The summed E-state index contributed by atoms with van der Waals surface area (Å²) in [4.78, 5) is 0. The van der Waals surface area contributed by atoms with Gasteiger partial charge in [0.15, 0.2) is 5.11 Å². The average Bonchev–Trinajstić information content (AvgIpc) is 2.02. The minimum absolute atomic E-state index is 0.114. The van der Waals surface area contributed by atoms with Crippen molar-refractivity contribution in [3.63, 3.8) is 0 Å². The second-order valence-electron chi connectivity index (χ2n) is 3.17. The summed E-state index contributed by atoms with van der Waals surface area (Å²) in [5.74, 6) is 0.114. The summed E-state index contributed by atoms with van der Waals surface area (Å²) in [5, 5.41) is 6.36. The highest BCUT2D eigenvalue weighted by Gasteiger charge is 2.01. The Labute approximate surface area is 91.4 Å². The van der Waals surface area contributed by atoms with Gasteiger partial charge in [0.2, 0.25) is 0 Å². The molecule has 0 spiro atoms. The van der Waals surface area contributed by atoms with Gasteiger partial charge in [0.25, 0.3) is 0 Å². The fourth-order valence-electron chi connectivity index (χ4n) is 0.791. The molecule has 4 nitrogen and oxygen atoms in total. The molecule has 0 unspecified atom stereocenters. The molecule has 0 fully saturated rings. The van der Waals surface area contributed by atoms with Crippen LogP contribution in [0.15, 0.2) is 0 Å². The first-order valence-corrected chi connectivity index (χ1v) is 7.12. The smallest absolute Gasteiger partial charge is 0.166 e. The lowest BCUT2D eigenvalue weighted by Gasteiger charge is -2.08. The first-order valence-electron chi connectivity index (χ1n) is 4.65. The maximum atomic E-state index is 10.8. The van der Waals surface area contributed by atoms with Crippen LogP contribution in [0.25, 0.3) is 0 Å². The minimum Gasteiger partial charge on any atom is -0.363 e. The van der Waals surface area contributed by atoms with E-state index in [1.807, 2.05) is 0 Å². The zero-order valence-corrected chi connectivity index (χ0v) is 10.3. The number of rotatable bonds is 6. The van der Waals surface area contributed by atoms with Crippen molar-refractivity contribution in [2.24, 2.45) is 0 Å². The molecule has 0 heterocycles. The fourth-order valence-corrected chi connectivity index (χ4v) is 1.47. The van der Waals surface area contributed by atoms with E-state index in [4.69, 9.17) is 12.2 Å². The summed E-state index contributed by atoms with van der Waals surface area (Å²) in [5.41, 5.74) is 0. The Morgan fingerprint density at radius 1 is 1.29 bits per heavy atom. The molecule has 0 saturated carbocycles. The Morgan fingerprint density at radius 3 is 2.36 bits per heavy atom. The van der Waals surface area contributed by atoms with Crippen LogP contribution in [0.5, 0.6) is 0 Å².